The molecule has 2 aromatic carbocycles. The summed E-state index contributed by atoms with van der Waals surface area (Å²) in [7, 11) is 2.12. The van der Waals surface area contributed by atoms with Crippen LogP contribution in [-0.4, -0.2) is 33.3 Å². The summed E-state index contributed by atoms with van der Waals surface area (Å²) in [5.74, 6) is 0.275. The number of benzene rings is 2. The molecule has 1 aliphatic rings. The molecule has 6 heteroatoms. The van der Waals surface area contributed by atoms with Gasteiger partial charge in [0.1, 0.15) is 0 Å². The first kappa shape index (κ1) is 15.7. The van der Waals surface area contributed by atoms with E-state index in [1.54, 1.807) is 24.7 Å². The van der Waals surface area contributed by atoms with Gasteiger partial charge in [0.25, 0.3) is 11.5 Å². The van der Waals surface area contributed by atoms with Crippen LogP contribution in [0.15, 0.2) is 65.8 Å². The van der Waals surface area contributed by atoms with Crippen molar-refractivity contribution in [1.29, 1.82) is 0 Å². The molecule has 0 N–H and O–H groups in total. The van der Waals surface area contributed by atoms with Crippen molar-refractivity contribution in [1.82, 2.24) is 19.7 Å². The quantitative estimate of drug-likeness (QED) is 0.553. The third kappa shape index (κ3) is 2.49. The van der Waals surface area contributed by atoms with Crippen LogP contribution < -0.4 is 10.5 Å². The highest BCUT2D eigenvalue weighted by molar-refractivity contribution is 5.88. The molecule has 4 aromatic rings. The average Bonchev–Trinajstić information content (AvgIpc) is 3.10. The zero-order valence-electron chi connectivity index (χ0n) is 14.8. The fraction of sp³-hybridized carbons (Fsp3) is 0.143. The molecule has 0 bridgehead atoms. The normalized spacial score (nSPS) is 13.1. The molecule has 5 rings (SSSR count). The van der Waals surface area contributed by atoms with E-state index in [0.29, 0.717) is 5.39 Å². The number of aromatic nitrogens is 4. The van der Waals surface area contributed by atoms with Gasteiger partial charge in [-0.25, -0.2) is 9.97 Å². The molecule has 0 spiro atoms. The Morgan fingerprint density at radius 2 is 1.89 bits per heavy atom. The molecular formula is C21H17N5O. The van der Waals surface area contributed by atoms with E-state index in [4.69, 9.17) is 0 Å². The molecule has 0 unspecified atom stereocenters. The van der Waals surface area contributed by atoms with Crippen molar-refractivity contribution in [2.75, 3.05) is 18.5 Å². The molecule has 1 aliphatic heterocycles. The maximum absolute atomic E-state index is 12.8. The lowest BCUT2D eigenvalue weighted by atomic mass is 9.96. The maximum atomic E-state index is 12.8. The Morgan fingerprint density at radius 3 is 2.74 bits per heavy atom. The zero-order chi connectivity index (χ0) is 18.4. The monoisotopic (exact) mass is 355 g/mol. The van der Waals surface area contributed by atoms with Crippen LogP contribution in [0.25, 0.3) is 27.8 Å². The number of likely N-dealkylation sites (N-methyl/N-ethyl adjacent to an activating group) is 1. The first-order valence-electron chi connectivity index (χ1n) is 8.85. The second kappa shape index (κ2) is 6.02. The van der Waals surface area contributed by atoms with Crippen molar-refractivity contribution in [3.8, 4) is 17.1 Å². The second-order valence-corrected chi connectivity index (χ2v) is 6.69. The highest BCUT2D eigenvalue weighted by Gasteiger charge is 2.19. The van der Waals surface area contributed by atoms with Crippen LogP contribution in [-0.2, 0) is 6.42 Å². The van der Waals surface area contributed by atoms with Gasteiger partial charge in [-0.3, -0.25) is 4.79 Å². The van der Waals surface area contributed by atoms with Crippen LogP contribution >= 0.6 is 0 Å². The van der Waals surface area contributed by atoms with Crippen LogP contribution in [0.1, 0.15) is 5.56 Å². The molecule has 0 saturated carbocycles. The fourth-order valence-corrected chi connectivity index (χ4v) is 3.73. The molecule has 2 aromatic heterocycles. The van der Waals surface area contributed by atoms with Crippen molar-refractivity contribution in [3.05, 3.63) is 77.0 Å². The SMILES string of the molecule is CN1CCc2c(-c3ccc4c(=O)n(-c5ncccn5)ncc4c3)cccc21. The minimum absolute atomic E-state index is 0.219. The molecule has 132 valence electrons. The predicted octanol–water partition coefficient (Wildman–Crippen LogP) is 2.84. The lowest BCUT2D eigenvalue weighted by Crippen LogP contribution is -2.22. The maximum Gasteiger partial charge on any atom is 0.282 e. The highest BCUT2D eigenvalue weighted by Crippen LogP contribution is 2.36. The minimum atomic E-state index is -0.219. The largest absolute Gasteiger partial charge is 0.374 e. The zero-order valence-corrected chi connectivity index (χ0v) is 14.8. The van der Waals surface area contributed by atoms with Gasteiger partial charge in [0.05, 0.1) is 11.6 Å². The number of anilines is 1. The van der Waals surface area contributed by atoms with Gasteiger partial charge in [0, 0.05) is 37.1 Å². The molecule has 0 aliphatic carbocycles. The second-order valence-electron chi connectivity index (χ2n) is 6.69. The average molecular weight is 355 g/mol. The number of fused-ring (bicyclic) bond motifs is 2. The van der Waals surface area contributed by atoms with E-state index in [1.165, 1.54) is 21.5 Å². The molecule has 0 saturated heterocycles. The van der Waals surface area contributed by atoms with Gasteiger partial charge in [0.2, 0.25) is 0 Å². The lowest BCUT2D eigenvalue weighted by molar-refractivity contribution is 0.762. The van der Waals surface area contributed by atoms with Gasteiger partial charge in [-0.05, 0) is 47.4 Å². The van der Waals surface area contributed by atoms with E-state index < -0.39 is 0 Å². The molecule has 3 heterocycles. The Labute approximate surface area is 155 Å². The lowest BCUT2D eigenvalue weighted by Gasteiger charge is -2.13. The van der Waals surface area contributed by atoms with Gasteiger partial charge >= 0.3 is 0 Å². The molecule has 0 radical (unpaired) electrons. The van der Waals surface area contributed by atoms with Crippen LogP contribution in [0.4, 0.5) is 5.69 Å². The van der Waals surface area contributed by atoms with Gasteiger partial charge in [-0.15, -0.1) is 0 Å². The number of rotatable bonds is 2. The van der Waals surface area contributed by atoms with Crippen LogP contribution in [0, 0.1) is 0 Å². The summed E-state index contributed by atoms with van der Waals surface area (Å²) in [4.78, 5) is 23.3. The van der Waals surface area contributed by atoms with Crippen molar-refractivity contribution in [2.45, 2.75) is 6.42 Å². The summed E-state index contributed by atoms with van der Waals surface area (Å²) < 4.78 is 1.23. The van der Waals surface area contributed by atoms with Crippen molar-refractivity contribution in [3.63, 3.8) is 0 Å². The Hall–Kier alpha value is -3.54. The molecule has 0 amide bonds. The van der Waals surface area contributed by atoms with Crippen LogP contribution in [0.3, 0.4) is 0 Å². The van der Waals surface area contributed by atoms with E-state index in [0.717, 1.165) is 23.9 Å². The summed E-state index contributed by atoms with van der Waals surface area (Å²) in [6, 6.07) is 14.0. The third-order valence-corrected chi connectivity index (χ3v) is 5.10. The molecular weight excluding hydrogens is 338 g/mol. The first-order chi connectivity index (χ1) is 13.2. The summed E-state index contributed by atoms with van der Waals surface area (Å²) in [5, 5.41) is 5.68. The van der Waals surface area contributed by atoms with Crippen LogP contribution in [0.5, 0.6) is 0 Å². The molecule has 0 atom stereocenters. The Bertz CT molecular complexity index is 1220. The van der Waals surface area contributed by atoms with Gasteiger partial charge in [-0.1, -0.05) is 18.2 Å². The van der Waals surface area contributed by atoms with Crippen molar-refractivity contribution < 1.29 is 0 Å². The summed E-state index contributed by atoms with van der Waals surface area (Å²) in [6.07, 6.45) is 5.92. The standard InChI is InChI=1S/C21H17N5O/c1-25-11-8-18-16(4-2-5-19(18)25)14-6-7-17-15(12-14)13-24-26(20(17)27)21-22-9-3-10-23-21/h2-7,9-10,12-13H,8,11H2,1H3. The molecule has 27 heavy (non-hydrogen) atoms. The number of nitrogens with zero attached hydrogens (tertiary/aromatic N) is 5. The van der Waals surface area contributed by atoms with E-state index in [-0.39, 0.29) is 11.5 Å². The van der Waals surface area contributed by atoms with E-state index in [1.807, 2.05) is 18.2 Å². The molecule has 6 nitrogen and oxygen atoms in total. The van der Waals surface area contributed by atoms with E-state index in [2.05, 4.69) is 45.2 Å². The third-order valence-electron chi connectivity index (χ3n) is 5.10. The minimum Gasteiger partial charge on any atom is -0.374 e. The van der Waals surface area contributed by atoms with Crippen molar-refractivity contribution >= 4 is 16.5 Å². The number of hydrogen-bond donors (Lipinski definition) is 0. The van der Waals surface area contributed by atoms with E-state index in [9.17, 15) is 4.79 Å². The predicted molar refractivity (Wildman–Crippen MR) is 105 cm³/mol. The molecule has 0 fully saturated rings. The summed E-state index contributed by atoms with van der Waals surface area (Å²) in [6.45, 7) is 1.03. The fourth-order valence-electron chi connectivity index (χ4n) is 3.73. The van der Waals surface area contributed by atoms with Crippen LogP contribution in [0.2, 0.25) is 0 Å². The number of hydrogen-bond acceptors (Lipinski definition) is 5. The van der Waals surface area contributed by atoms with Gasteiger partial charge < -0.3 is 4.90 Å². The van der Waals surface area contributed by atoms with E-state index >= 15 is 0 Å². The Morgan fingerprint density at radius 1 is 1.04 bits per heavy atom. The Balaban J connectivity index is 1.65. The van der Waals surface area contributed by atoms with Gasteiger partial charge in [0.15, 0.2) is 0 Å². The summed E-state index contributed by atoms with van der Waals surface area (Å²) in [5.41, 5.74) is 4.74. The van der Waals surface area contributed by atoms with Crippen molar-refractivity contribution in [2.24, 2.45) is 0 Å². The Kier molecular flexibility index (Phi) is 3.50. The topological polar surface area (TPSA) is 63.9 Å². The smallest absolute Gasteiger partial charge is 0.282 e. The highest BCUT2D eigenvalue weighted by atomic mass is 16.1. The van der Waals surface area contributed by atoms with Gasteiger partial charge in [-0.2, -0.15) is 9.78 Å². The summed E-state index contributed by atoms with van der Waals surface area (Å²) >= 11 is 0. The first-order valence-corrected chi connectivity index (χ1v) is 8.85.